The first kappa shape index (κ1) is 43.9. The lowest BCUT2D eigenvalue weighted by Gasteiger charge is -2.44. The first-order valence-corrected chi connectivity index (χ1v) is 22.1. The largest absolute Gasteiger partial charge is 0.507 e. The Morgan fingerprint density at radius 3 is 2.32 bits per heavy atom. The number of amides is 2. The van der Waals surface area contributed by atoms with Crippen molar-refractivity contribution in [3.63, 3.8) is 0 Å². The van der Waals surface area contributed by atoms with E-state index in [1.165, 1.54) is 37.3 Å². The SMILES string of the molecule is COc1cccc2c1C(=O)c1c(O)c3c(c(O)c1C2=O)C[C@@](O)(C(=O)N(C)CCNC(=O)OCC1c2ccccc2-c2ccccc21)C[C@@H]3O[C@H]1C[C@H]2[C@H](O[C@@H]3[C@@H](OC)OCCN32)[C@H](C)O1. The van der Waals surface area contributed by atoms with Gasteiger partial charge < -0.3 is 58.7 Å². The number of benzene rings is 4. The van der Waals surface area contributed by atoms with E-state index in [-0.39, 0.29) is 72.2 Å². The second-order valence-electron chi connectivity index (χ2n) is 17.7. The third-order valence-corrected chi connectivity index (χ3v) is 14.0. The average Bonchev–Trinajstić information content (AvgIpc) is 3.86. The molecule has 0 spiro atoms. The Kier molecular flexibility index (Phi) is 11.4. The van der Waals surface area contributed by atoms with Gasteiger partial charge in [-0.1, -0.05) is 60.7 Å². The van der Waals surface area contributed by atoms with Gasteiger partial charge in [0.1, 0.15) is 35.6 Å². The number of hydrogen-bond acceptors (Lipinski definition) is 15. The minimum atomic E-state index is -2.28. The minimum absolute atomic E-state index is 0.0323. The fourth-order valence-electron chi connectivity index (χ4n) is 10.9. The Bertz CT molecular complexity index is 2590. The van der Waals surface area contributed by atoms with Gasteiger partial charge in [-0.25, -0.2) is 4.79 Å². The van der Waals surface area contributed by atoms with E-state index in [1.807, 2.05) is 55.5 Å². The molecule has 0 bridgehead atoms. The number of phenols is 2. The van der Waals surface area contributed by atoms with Crippen LogP contribution in [-0.2, 0) is 39.6 Å². The number of aromatic hydroxyl groups is 2. The van der Waals surface area contributed by atoms with Gasteiger partial charge in [-0.3, -0.25) is 19.3 Å². The molecule has 4 aromatic rings. The number of alkyl carbamates (subject to hydrolysis) is 1. The van der Waals surface area contributed by atoms with E-state index >= 15 is 0 Å². The van der Waals surface area contributed by atoms with Crippen molar-refractivity contribution in [1.82, 2.24) is 15.1 Å². The van der Waals surface area contributed by atoms with Gasteiger partial charge in [0.05, 0.1) is 42.6 Å². The Labute approximate surface area is 380 Å². The summed E-state index contributed by atoms with van der Waals surface area (Å²) in [5.74, 6) is -3.64. The fraction of sp³-hybridized carbons (Fsp3) is 0.429. The van der Waals surface area contributed by atoms with Crippen molar-refractivity contribution >= 4 is 23.6 Å². The first-order valence-electron chi connectivity index (χ1n) is 22.1. The molecule has 17 nitrogen and oxygen atoms in total. The number of carbonyl (C=O) groups excluding carboxylic acids is 4. The number of nitrogens with zero attached hydrogens (tertiary/aromatic N) is 2. The summed E-state index contributed by atoms with van der Waals surface area (Å²) < 4.78 is 41.8. The lowest BCUT2D eigenvalue weighted by Crippen LogP contribution is -2.55. The van der Waals surface area contributed by atoms with Crippen LogP contribution in [0.2, 0.25) is 0 Å². The molecule has 4 aromatic carbocycles. The molecular weight excluding hydrogens is 855 g/mol. The summed E-state index contributed by atoms with van der Waals surface area (Å²) in [5.41, 5.74) is 0.801. The molecule has 3 fully saturated rings. The van der Waals surface area contributed by atoms with Gasteiger partial charge in [0, 0.05) is 81.7 Å². The molecule has 3 saturated heterocycles. The number of likely N-dealkylation sites (N-methyl/N-ethyl adjacent to an activating group) is 1. The maximum absolute atomic E-state index is 14.4. The number of methoxy groups -OCH3 is 2. The van der Waals surface area contributed by atoms with Crippen LogP contribution in [0.25, 0.3) is 11.1 Å². The molecule has 8 atom stereocenters. The standard InChI is InChI=1S/C49H51N3O14/c1-24-44-32(52-18-19-62-46(61-4)45(52)66-44)20-35(64-24)65-34-22-49(59,21-30-37(34)43(56)39-38(41(30)54)40(53)29-14-9-15-33(60-3)36(29)42(39)55)47(57)51(2)17-16-50-48(58)63-23-31-27-12-7-5-10-25(27)26-11-6-8-13-28(26)31/h5-15,24,31-32,34-35,44-46,54,56,59H,16-23H2,1-4H3,(H,50,58)/t24-,32-,34-,35-,44+,45+,46-,49-/m0/s1. The number of morpholine rings is 1. The predicted octanol–water partition coefficient (Wildman–Crippen LogP) is 4.15. The number of fused-ring (bicyclic) bond motifs is 9. The number of aliphatic hydroxyl groups is 1. The lowest BCUT2D eigenvalue weighted by molar-refractivity contribution is -0.256. The number of nitrogens with one attached hydrogen (secondary N) is 1. The molecule has 0 aromatic heterocycles. The van der Waals surface area contributed by atoms with Crippen molar-refractivity contribution in [3.8, 4) is 28.4 Å². The summed E-state index contributed by atoms with van der Waals surface area (Å²) in [5, 5.41) is 39.4. The zero-order chi connectivity index (χ0) is 46.2. The highest BCUT2D eigenvalue weighted by Gasteiger charge is 2.55. The molecule has 0 radical (unpaired) electrons. The van der Waals surface area contributed by atoms with Gasteiger partial charge in [-0.2, -0.15) is 0 Å². The van der Waals surface area contributed by atoms with Crippen LogP contribution in [0.3, 0.4) is 0 Å². The quantitative estimate of drug-likeness (QED) is 0.145. The summed E-state index contributed by atoms with van der Waals surface area (Å²) in [7, 11) is 4.35. The summed E-state index contributed by atoms with van der Waals surface area (Å²) >= 11 is 0. The predicted molar refractivity (Wildman–Crippen MR) is 232 cm³/mol. The van der Waals surface area contributed by atoms with Crippen LogP contribution in [0.5, 0.6) is 17.2 Å². The number of phenolic OH excluding ortho intramolecular Hbond substituents is 2. The van der Waals surface area contributed by atoms with E-state index in [9.17, 15) is 34.5 Å². The molecule has 3 aliphatic carbocycles. The van der Waals surface area contributed by atoms with Crippen LogP contribution in [0.15, 0.2) is 66.7 Å². The molecule has 6 aliphatic rings. The maximum Gasteiger partial charge on any atom is 0.407 e. The minimum Gasteiger partial charge on any atom is -0.507 e. The van der Waals surface area contributed by atoms with Gasteiger partial charge in [0.25, 0.3) is 5.91 Å². The van der Waals surface area contributed by atoms with Crippen LogP contribution < -0.4 is 10.1 Å². The van der Waals surface area contributed by atoms with E-state index in [1.54, 1.807) is 7.11 Å². The summed E-state index contributed by atoms with van der Waals surface area (Å²) in [6.07, 6.45) is -5.75. The highest BCUT2D eigenvalue weighted by molar-refractivity contribution is 6.31. The van der Waals surface area contributed by atoms with E-state index in [2.05, 4.69) is 10.2 Å². The van der Waals surface area contributed by atoms with E-state index in [0.717, 1.165) is 22.3 Å². The molecule has 0 unspecified atom stereocenters. The van der Waals surface area contributed by atoms with Crippen LogP contribution in [0, 0.1) is 0 Å². The fourth-order valence-corrected chi connectivity index (χ4v) is 10.9. The molecule has 17 heteroatoms. The number of rotatable bonds is 10. The third kappa shape index (κ3) is 7.12. The Hall–Kier alpha value is -5.92. The first-order chi connectivity index (χ1) is 31.8. The van der Waals surface area contributed by atoms with Crippen molar-refractivity contribution in [2.24, 2.45) is 0 Å². The van der Waals surface area contributed by atoms with Crippen LogP contribution in [-0.4, -0.2) is 145 Å². The van der Waals surface area contributed by atoms with Gasteiger partial charge >= 0.3 is 6.09 Å². The monoisotopic (exact) mass is 905 g/mol. The Balaban J connectivity index is 0.900. The van der Waals surface area contributed by atoms with Gasteiger partial charge in [-0.05, 0) is 35.2 Å². The van der Waals surface area contributed by atoms with Crippen LogP contribution in [0.4, 0.5) is 4.79 Å². The maximum atomic E-state index is 14.4. The van der Waals surface area contributed by atoms with E-state index in [0.29, 0.717) is 13.2 Å². The Morgan fingerprint density at radius 1 is 0.909 bits per heavy atom. The number of ether oxygens (including phenoxy) is 7. The third-order valence-electron chi connectivity index (χ3n) is 14.0. The van der Waals surface area contributed by atoms with Crippen molar-refractivity contribution in [3.05, 3.63) is 111 Å². The van der Waals surface area contributed by atoms with Crippen molar-refractivity contribution in [1.29, 1.82) is 0 Å². The van der Waals surface area contributed by atoms with Crippen molar-refractivity contribution in [2.75, 3.05) is 54.1 Å². The highest BCUT2D eigenvalue weighted by atomic mass is 16.7. The topological polar surface area (TPSA) is 212 Å². The number of carbonyl (C=O) groups is 4. The number of ketones is 2. The smallest absolute Gasteiger partial charge is 0.407 e. The highest BCUT2D eigenvalue weighted by Crippen LogP contribution is 2.53. The van der Waals surface area contributed by atoms with Gasteiger partial charge in [0.15, 0.2) is 24.6 Å². The number of hydrogen-bond donors (Lipinski definition) is 4. The second-order valence-corrected chi connectivity index (χ2v) is 17.7. The summed E-state index contributed by atoms with van der Waals surface area (Å²) in [6.45, 7) is 2.81. The molecule has 346 valence electrons. The normalized spacial score (nSPS) is 27.4. The molecule has 3 heterocycles. The second kappa shape index (κ2) is 17.1. The molecule has 10 rings (SSSR count). The molecule has 4 N–H and O–H groups in total. The molecule has 3 aliphatic heterocycles. The zero-order valence-electron chi connectivity index (χ0n) is 36.9. The molecule has 2 amide bonds. The summed E-state index contributed by atoms with van der Waals surface area (Å²) in [6, 6.07) is 20.2. The Morgan fingerprint density at radius 2 is 1.61 bits per heavy atom. The van der Waals surface area contributed by atoms with Crippen molar-refractivity contribution < 1.29 is 67.7 Å². The molecule has 66 heavy (non-hydrogen) atoms. The lowest BCUT2D eigenvalue weighted by atomic mass is 9.72. The van der Waals surface area contributed by atoms with Gasteiger partial charge in [-0.15, -0.1) is 0 Å². The summed E-state index contributed by atoms with van der Waals surface area (Å²) in [4.78, 5) is 59.2. The van der Waals surface area contributed by atoms with Crippen LogP contribution in [0.1, 0.15) is 85.9 Å². The molecular formula is C49H51N3O14. The molecule has 0 saturated carbocycles. The zero-order valence-corrected chi connectivity index (χ0v) is 36.9. The van der Waals surface area contributed by atoms with Crippen molar-refractivity contribution in [2.45, 2.75) is 80.9 Å². The van der Waals surface area contributed by atoms with Gasteiger partial charge in [0.2, 0.25) is 5.78 Å². The van der Waals surface area contributed by atoms with E-state index < -0.39 is 95.7 Å². The average molecular weight is 906 g/mol. The van der Waals surface area contributed by atoms with Crippen LogP contribution >= 0.6 is 0 Å². The van der Waals surface area contributed by atoms with E-state index in [4.69, 9.17) is 33.2 Å².